The van der Waals surface area contributed by atoms with E-state index >= 15 is 0 Å². The SMILES string of the molecule is CCOC(=O)[C@H]1[C@@H](C(C)C)OC(=O)C1(C)C. The van der Waals surface area contributed by atoms with Crippen molar-refractivity contribution in [2.75, 3.05) is 6.61 Å². The fourth-order valence-electron chi connectivity index (χ4n) is 2.06. The molecule has 4 nitrogen and oxygen atoms in total. The van der Waals surface area contributed by atoms with Crippen LogP contribution in [0, 0.1) is 17.3 Å². The van der Waals surface area contributed by atoms with E-state index in [9.17, 15) is 9.59 Å². The van der Waals surface area contributed by atoms with Gasteiger partial charge in [0.1, 0.15) is 12.0 Å². The maximum absolute atomic E-state index is 11.9. The summed E-state index contributed by atoms with van der Waals surface area (Å²) in [5, 5.41) is 0. The first kappa shape index (κ1) is 13.0. The molecule has 4 heteroatoms. The highest BCUT2D eigenvalue weighted by atomic mass is 16.6. The van der Waals surface area contributed by atoms with E-state index in [1.165, 1.54) is 0 Å². The van der Waals surface area contributed by atoms with Crippen LogP contribution in [0.1, 0.15) is 34.6 Å². The third-order valence-corrected chi connectivity index (χ3v) is 3.07. The highest BCUT2D eigenvalue weighted by Crippen LogP contribution is 2.42. The lowest BCUT2D eigenvalue weighted by atomic mass is 9.76. The lowest BCUT2D eigenvalue weighted by Gasteiger charge is -2.25. The Morgan fingerprint density at radius 3 is 2.50 bits per heavy atom. The first-order valence-corrected chi connectivity index (χ1v) is 5.70. The van der Waals surface area contributed by atoms with Gasteiger partial charge in [0.05, 0.1) is 12.0 Å². The Kier molecular flexibility index (Phi) is 3.61. The minimum Gasteiger partial charge on any atom is -0.466 e. The van der Waals surface area contributed by atoms with Crippen LogP contribution >= 0.6 is 0 Å². The zero-order valence-electron chi connectivity index (χ0n) is 10.6. The van der Waals surface area contributed by atoms with Gasteiger partial charge in [-0.25, -0.2) is 0 Å². The quantitative estimate of drug-likeness (QED) is 0.691. The summed E-state index contributed by atoms with van der Waals surface area (Å²) in [5.41, 5.74) is -0.790. The second-order valence-electron chi connectivity index (χ2n) is 5.07. The molecular formula is C12H20O4. The van der Waals surface area contributed by atoms with Crippen LogP contribution in [0.3, 0.4) is 0 Å². The van der Waals surface area contributed by atoms with Crippen molar-refractivity contribution in [3.05, 3.63) is 0 Å². The molecule has 1 saturated heterocycles. The van der Waals surface area contributed by atoms with Gasteiger partial charge >= 0.3 is 11.9 Å². The van der Waals surface area contributed by atoms with Crippen molar-refractivity contribution < 1.29 is 19.1 Å². The molecule has 1 rings (SSSR count). The van der Waals surface area contributed by atoms with Crippen molar-refractivity contribution in [1.82, 2.24) is 0 Å². The molecule has 0 amide bonds. The molecule has 0 bridgehead atoms. The lowest BCUT2D eigenvalue weighted by molar-refractivity contribution is -0.153. The number of carbonyl (C=O) groups excluding carboxylic acids is 2. The van der Waals surface area contributed by atoms with Gasteiger partial charge in [0.2, 0.25) is 0 Å². The summed E-state index contributed by atoms with van der Waals surface area (Å²) in [6, 6.07) is 0. The number of rotatable bonds is 3. The summed E-state index contributed by atoms with van der Waals surface area (Å²) in [7, 11) is 0. The van der Waals surface area contributed by atoms with E-state index in [4.69, 9.17) is 9.47 Å². The van der Waals surface area contributed by atoms with Crippen LogP contribution in [0.15, 0.2) is 0 Å². The predicted octanol–water partition coefficient (Wildman–Crippen LogP) is 1.77. The maximum Gasteiger partial charge on any atom is 0.313 e. The van der Waals surface area contributed by atoms with Crippen LogP contribution in [-0.2, 0) is 19.1 Å². The van der Waals surface area contributed by atoms with E-state index in [-0.39, 0.29) is 24.0 Å². The average Bonchev–Trinajstić information content (AvgIpc) is 2.38. The van der Waals surface area contributed by atoms with E-state index < -0.39 is 11.3 Å². The zero-order chi connectivity index (χ0) is 12.5. The minimum atomic E-state index is -0.790. The number of carbonyl (C=O) groups is 2. The largest absolute Gasteiger partial charge is 0.466 e. The minimum absolute atomic E-state index is 0.111. The van der Waals surface area contributed by atoms with Gasteiger partial charge in [0.25, 0.3) is 0 Å². The van der Waals surface area contributed by atoms with Crippen LogP contribution in [0.5, 0.6) is 0 Å². The van der Waals surface area contributed by atoms with E-state index in [0.717, 1.165) is 0 Å². The summed E-state index contributed by atoms with van der Waals surface area (Å²) >= 11 is 0. The van der Waals surface area contributed by atoms with Crippen molar-refractivity contribution >= 4 is 11.9 Å². The van der Waals surface area contributed by atoms with Crippen molar-refractivity contribution in [2.24, 2.45) is 17.3 Å². The monoisotopic (exact) mass is 228 g/mol. The molecule has 0 aliphatic carbocycles. The molecule has 0 N–H and O–H groups in total. The zero-order valence-corrected chi connectivity index (χ0v) is 10.6. The summed E-state index contributed by atoms with van der Waals surface area (Å²) < 4.78 is 10.3. The Bertz CT molecular complexity index is 293. The van der Waals surface area contributed by atoms with Crippen LogP contribution in [-0.4, -0.2) is 24.6 Å². The van der Waals surface area contributed by atoms with Gasteiger partial charge in [-0.2, -0.15) is 0 Å². The molecule has 0 aromatic heterocycles. The van der Waals surface area contributed by atoms with Gasteiger partial charge in [-0.3, -0.25) is 9.59 Å². The molecule has 1 fully saturated rings. The molecule has 1 aliphatic heterocycles. The Morgan fingerprint density at radius 1 is 1.50 bits per heavy atom. The normalized spacial score (nSPS) is 28.0. The number of hydrogen-bond donors (Lipinski definition) is 0. The Morgan fingerprint density at radius 2 is 2.06 bits per heavy atom. The Hall–Kier alpha value is -1.06. The van der Waals surface area contributed by atoms with Crippen LogP contribution < -0.4 is 0 Å². The third-order valence-electron chi connectivity index (χ3n) is 3.07. The molecule has 1 aliphatic rings. The molecule has 16 heavy (non-hydrogen) atoms. The smallest absolute Gasteiger partial charge is 0.313 e. The molecule has 0 aromatic rings. The standard InChI is InChI=1S/C12H20O4/c1-6-15-10(13)8-9(7(2)3)16-11(14)12(8,4)5/h7-9H,6H2,1-5H3/t8-,9-/m1/s1. The van der Waals surface area contributed by atoms with E-state index in [1.807, 2.05) is 13.8 Å². The second kappa shape index (κ2) is 4.44. The van der Waals surface area contributed by atoms with Crippen LogP contribution in [0.25, 0.3) is 0 Å². The fraction of sp³-hybridized carbons (Fsp3) is 0.833. The van der Waals surface area contributed by atoms with Gasteiger partial charge in [0, 0.05) is 0 Å². The molecular weight excluding hydrogens is 208 g/mol. The summed E-state index contributed by atoms with van der Waals surface area (Å²) in [4.78, 5) is 23.6. The molecule has 92 valence electrons. The van der Waals surface area contributed by atoms with Crippen molar-refractivity contribution in [3.8, 4) is 0 Å². The van der Waals surface area contributed by atoms with Gasteiger partial charge in [0.15, 0.2) is 0 Å². The van der Waals surface area contributed by atoms with Crippen LogP contribution in [0.2, 0.25) is 0 Å². The van der Waals surface area contributed by atoms with Gasteiger partial charge in [-0.05, 0) is 26.7 Å². The molecule has 0 spiro atoms. The van der Waals surface area contributed by atoms with Crippen molar-refractivity contribution in [2.45, 2.75) is 40.7 Å². The molecule has 0 aromatic carbocycles. The fourth-order valence-corrected chi connectivity index (χ4v) is 2.06. The first-order valence-electron chi connectivity index (χ1n) is 5.70. The second-order valence-corrected chi connectivity index (χ2v) is 5.07. The van der Waals surface area contributed by atoms with Crippen molar-refractivity contribution in [1.29, 1.82) is 0 Å². The highest BCUT2D eigenvalue weighted by Gasteiger charge is 2.56. The molecule has 1 heterocycles. The van der Waals surface area contributed by atoms with E-state index in [2.05, 4.69) is 0 Å². The number of esters is 2. The topological polar surface area (TPSA) is 52.6 Å². The number of cyclic esters (lactones) is 1. The number of ether oxygens (including phenoxy) is 2. The van der Waals surface area contributed by atoms with Crippen molar-refractivity contribution in [3.63, 3.8) is 0 Å². The Labute approximate surface area is 96.3 Å². The van der Waals surface area contributed by atoms with E-state index in [0.29, 0.717) is 6.61 Å². The molecule has 0 saturated carbocycles. The predicted molar refractivity (Wildman–Crippen MR) is 58.6 cm³/mol. The van der Waals surface area contributed by atoms with Gasteiger partial charge < -0.3 is 9.47 Å². The third kappa shape index (κ3) is 2.06. The van der Waals surface area contributed by atoms with Gasteiger partial charge in [-0.15, -0.1) is 0 Å². The maximum atomic E-state index is 11.9. The summed E-state index contributed by atoms with van der Waals surface area (Å²) in [5.74, 6) is -1.04. The molecule has 0 radical (unpaired) electrons. The highest BCUT2D eigenvalue weighted by molar-refractivity contribution is 5.88. The van der Waals surface area contributed by atoms with Crippen LogP contribution in [0.4, 0.5) is 0 Å². The molecule has 0 unspecified atom stereocenters. The van der Waals surface area contributed by atoms with Gasteiger partial charge in [-0.1, -0.05) is 13.8 Å². The summed E-state index contributed by atoms with van der Waals surface area (Å²) in [6.45, 7) is 9.42. The molecule has 2 atom stereocenters. The summed E-state index contributed by atoms with van der Waals surface area (Å²) in [6.07, 6.45) is -0.374. The van der Waals surface area contributed by atoms with E-state index in [1.54, 1.807) is 20.8 Å². The average molecular weight is 228 g/mol. The Balaban J connectivity index is 2.98. The lowest BCUT2D eigenvalue weighted by Crippen LogP contribution is -2.38. The first-order chi connectivity index (χ1) is 7.32. The number of hydrogen-bond acceptors (Lipinski definition) is 4.